The molecule has 0 atom stereocenters. The van der Waals surface area contributed by atoms with Crippen molar-refractivity contribution in [3.05, 3.63) is 65.2 Å². The molecule has 7 heteroatoms. The number of fused-ring (bicyclic) bond motifs is 1. The van der Waals surface area contributed by atoms with Gasteiger partial charge in [-0.05, 0) is 36.6 Å². The average Bonchev–Trinajstić information content (AvgIpc) is 2.79. The predicted octanol–water partition coefficient (Wildman–Crippen LogP) is 3.16. The predicted molar refractivity (Wildman–Crippen MR) is 110 cm³/mol. The Kier molecular flexibility index (Phi) is 5.70. The number of amides is 2. The van der Waals surface area contributed by atoms with Gasteiger partial charge in [0.15, 0.2) is 0 Å². The first-order valence-corrected chi connectivity index (χ1v) is 10.1. The molecule has 2 amide bonds. The molecule has 0 spiro atoms. The Bertz CT molecular complexity index is 948. The Labute approximate surface area is 175 Å². The Hall–Kier alpha value is -3.35. The minimum atomic E-state index is -0.320. The molecule has 2 aliphatic heterocycles. The van der Waals surface area contributed by atoms with Crippen LogP contribution in [0.15, 0.2) is 48.5 Å². The summed E-state index contributed by atoms with van der Waals surface area (Å²) in [5, 5.41) is 0. The van der Waals surface area contributed by atoms with Crippen LogP contribution in [0.1, 0.15) is 34.3 Å². The first-order valence-electron chi connectivity index (χ1n) is 10.1. The number of benzene rings is 2. The number of anilines is 1. The number of ether oxygens (including phenoxy) is 2. The molecular formula is C23H24N2O5. The van der Waals surface area contributed by atoms with E-state index in [1.54, 1.807) is 29.2 Å². The lowest BCUT2D eigenvalue weighted by atomic mass is 10.00. The van der Waals surface area contributed by atoms with Gasteiger partial charge < -0.3 is 14.4 Å². The Morgan fingerprint density at radius 3 is 2.47 bits per heavy atom. The van der Waals surface area contributed by atoms with E-state index in [-0.39, 0.29) is 30.4 Å². The van der Waals surface area contributed by atoms with E-state index in [0.29, 0.717) is 38.1 Å². The van der Waals surface area contributed by atoms with Crippen molar-refractivity contribution < 1.29 is 23.9 Å². The van der Waals surface area contributed by atoms with Crippen molar-refractivity contribution in [2.45, 2.75) is 31.9 Å². The number of nitrogens with zero attached hydrogens (tertiary/aromatic N) is 2. The van der Waals surface area contributed by atoms with E-state index in [1.165, 1.54) is 7.11 Å². The maximum absolute atomic E-state index is 12.9. The second-order valence-corrected chi connectivity index (χ2v) is 7.53. The molecule has 2 aromatic rings. The number of piperidine rings is 1. The van der Waals surface area contributed by atoms with E-state index in [2.05, 4.69) is 4.74 Å². The van der Waals surface area contributed by atoms with E-state index in [4.69, 9.17) is 4.74 Å². The minimum Gasteiger partial charge on any atom is -0.469 e. The van der Waals surface area contributed by atoms with Crippen LogP contribution in [0.4, 0.5) is 10.5 Å². The summed E-state index contributed by atoms with van der Waals surface area (Å²) < 4.78 is 10.00. The van der Waals surface area contributed by atoms with Gasteiger partial charge in [-0.3, -0.25) is 14.5 Å². The monoisotopic (exact) mass is 408 g/mol. The highest BCUT2D eigenvalue weighted by Crippen LogP contribution is 2.32. The van der Waals surface area contributed by atoms with Gasteiger partial charge in [-0.2, -0.15) is 0 Å². The molecule has 0 saturated carbocycles. The van der Waals surface area contributed by atoms with Crippen LogP contribution < -0.4 is 4.90 Å². The summed E-state index contributed by atoms with van der Waals surface area (Å²) in [6, 6.07) is 14.8. The summed E-state index contributed by atoms with van der Waals surface area (Å²) in [6.07, 6.45) is 1.24. The van der Waals surface area contributed by atoms with Gasteiger partial charge in [-0.15, -0.1) is 0 Å². The van der Waals surface area contributed by atoms with Gasteiger partial charge in [-0.25, -0.2) is 4.79 Å². The van der Waals surface area contributed by atoms with Crippen molar-refractivity contribution in [1.82, 2.24) is 4.90 Å². The fourth-order valence-corrected chi connectivity index (χ4v) is 4.03. The smallest absolute Gasteiger partial charge is 0.414 e. The molecule has 0 N–H and O–H groups in total. The second-order valence-electron chi connectivity index (χ2n) is 7.53. The number of rotatable bonds is 4. The number of hydrogen-bond donors (Lipinski definition) is 0. The van der Waals surface area contributed by atoms with E-state index < -0.39 is 0 Å². The first-order chi connectivity index (χ1) is 14.6. The van der Waals surface area contributed by atoms with Crippen molar-refractivity contribution in [3.63, 3.8) is 0 Å². The first kappa shape index (κ1) is 19.9. The zero-order valence-corrected chi connectivity index (χ0v) is 16.9. The highest BCUT2D eigenvalue weighted by molar-refractivity contribution is 5.95. The number of para-hydroxylation sites is 1. The summed E-state index contributed by atoms with van der Waals surface area (Å²) in [6.45, 7) is 1.44. The molecule has 2 aliphatic rings. The van der Waals surface area contributed by atoms with E-state index in [0.717, 1.165) is 16.8 Å². The number of esters is 1. The Morgan fingerprint density at radius 1 is 1.07 bits per heavy atom. The second kappa shape index (κ2) is 8.57. The summed E-state index contributed by atoms with van der Waals surface area (Å²) in [7, 11) is 1.35. The van der Waals surface area contributed by atoms with Gasteiger partial charge in [0.1, 0.15) is 6.61 Å². The largest absolute Gasteiger partial charge is 0.469 e. The molecule has 1 saturated heterocycles. The number of carbonyl (C=O) groups is 3. The van der Waals surface area contributed by atoms with Crippen LogP contribution in [0, 0.1) is 0 Å². The molecule has 1 fully saturated rings. The Balaban J connectivity index is 1.39. The van der Waals surface area contributed by atoms with Crippen LogP contribution in [-0.2, 0) is 27.3 Å². The number of methoxy groups -OCH3 is 1. The van der Waals surface area contributed by atoms with Crippen molar-refractivity contribution in [3.8, 4) is 0 Å². The van der Waals surface area contributed by atoms with Crippen LogP contribution in [-0.4, -0.2) is 49.1 Å². The summed E-state index contributed by atoms with van der Waals surface area (Å²) >= 11 is 0. The van der Waals surface area contributed by atoms with Gasteiger partial charge >= 0.3 is 12.1 Å². The van der Waals surface area contributed by atoms with E-state index in [1.807, 2.05) is 29.2 Å². The summed E-state index contributed by atoms with van der Waals surface area (Å²) in [5.74, 6) is -0.353. The quantitative estimate of drug-likeness (QED) is 0.727. The maximum atomic E-state index is 12.9. The zero-order valence-electron chi connectivity index (χ0n) is 16.9. The SMILES string of the molecule is COC(=O)Cc1ccc(C(=O)N2CCC(N3C(=O)OCc4ccccc43)CC2)cc1. The van der Waals surface area contributed by atoms with Crippen LogP contribution in [0.3, 0.4) is 0 Å². The topological polar surface area (TPSA) is 76.2 Å². The Morgan fingerprint density at radius 2 is 1.77 bits per heavy atom. The number of hydrogen-bond acceptors (Lipinski definition) is 5. The van der Waals surface area contributed by atoms with Crippen LogP contribution in [0.25, 0.3) is 0 Å². The lowest BCUT2D eigenvalue weighted by Crippen LogP contribution is -2.50. The fourth-order valence-electron chi connectivity index (χ4n) is 4.03. The third-order valence-electron chi connectivity index (χ3n) is 5.69. The van der Waals surface area contributed by atoms with Crippen LogP contribution >= 0.6 is 0 Å². The van der Waals surface area contributed by atoms with Gasteiger partial charge in [0.2, 0.25) is 0 Å². The number of cyclic esters (lactones) is 1. The summed E-state index contributed by atoms with van der Waals surface area (Å²) in [4.78, 5) is 40.2. The normalized spacial score (nSPS) is 16.6. The van der Waals surface area contributed by atoms with Gasteiger partial charge in [0, 0.05) is 30.3 Å². The molecule has 7 nitrogen and oxygen atoms in total. The highest BCUT2D eigenvalue weighted by Gasteiger charge is 2.35. The lowest BCUT2D eigenvalue weighted by molar-refractivity contribution is -0.139. The molecule has 0 aliphatic carbocycles. The molecule has 30 heavy (non-hydrogen) atoms. The standard InChI is InChI=1S/C23H24N2O5/c1-29-21(26)14-16-6-8-17(9-7-16)22(27)24-12-10-19(11-13-24)25-20-5-3-2-4-18(20)15-30-23(25)28/h2-9,19H,10-15H2,1H3. The highest BCUT2D eigenvalue weighted by atomic mass is 16.6. The molecule has 156 valence electrons. The van der Waals surface area contributed by atoms with Gasteiger partial charge in [0.25, 0.3) is 5.91 Å². The minimum absolute atomic E-state index is 0.00503. The van der Waals surface area contributed by atoms with E-state index >= 15 is 0 Å². The number of carbonyl (C=O) groups excluding carboxylic acids is 3. The third kappa shape index (κ3) is 4.01. The van der Waals surface area contributed by atoms with Crippen molar-refractivity contribution in [2.24, 2.45) is 0 Å². The van der Waals surface area contributed by atoms with E-state index in [9.17, 15) is 14.4 Å². The van der Waals surface area contributed by atoms with Gasteiger partial charge in [-0.1, -0.05) is 30.3 Å². The molecular weight excluding hydrogens is 384 g/mol. The third-order valence-corrected chi connectivity index (χ3v) is 5.69. The molecule has 4 rings (SSSR count). The van der Waals surface area contributed by atoms with Crippen molar-refractivity contribution in [1.29, 1.82) is 0 Å². The average molecular weight is 408 g/mol. The van der Waals surface area contributed by atoms with Crippen LogP contribution in [0.5, 0.6) is 0 Å². The molecule has 0 aromatic heterocycles. The van der Waals surface area contributed by atoms with Crippen molar-refractivity contribution in [2.75, 3.05) is 25.1 Å². The molecule has 0 radical (unpaired) electrons. The van der Waals surface area contributed by atoms with Crippen LogP contribution in [0.2, 0.25) is 0 Å². The maximum Gasteiger partial charge on any atom is 0.414 e. The lowest BCUT2D eigenvalue weighted by Gasteiger charge is -2.40. The number of likely N-dealkylation sites (tertiary alicyclic amines) is 1. The molecule has 0 unspecified atom stereocenters. The summed E-state index contributed by atoms with van der Waals surface area (Å²) in [5.41, 5.74) is 3.30. The van der Waals surface area contributed by atoms with Crippen molar-refractivity contribution >= 4 is 23.7 Å². The molecule has 0 bridgehead atoms. The van der Waals surface area contributed by atoms with Gasteiger partial charge in [0.05, 0.1) is 19.2 Å². The molecule has 2 heterocycles. The fraction of sp³-hybridized carbons (Fsp3) is 0.348. The zero-order chi connectivity index (χ0) is 21.1. The molecule has 2 aromatic carbocycles.